The van der Waals surface area contributed by atoms with Crippen LogP contribution in [0.3, 0.4) is 0 Å². The molecule has 0 aromatic heterocycles. The van der Waals surface area contributed by atoms with E-state index < -0.39 is 0 Å². The third-order valence-corrected chi connectivity index (χ3v) is 1.76. The van der Waals surface area contributed by atoms with Gasteiger partial charge in [0.1, 0.15) is 6.29 Å². The first-order chi connectivity index (χ1) is 5.22. The van der Waals surface area contributed by atoms with E-state index in [2.05, 4.69) is 11.8 Å². The van der Waals surface area contributed by atoms with Crippen LogP contribution in [0.5, 0.6) is 0 Å². The topological polar surface area (TPSA) is 29.5 Å². The van der Waals surface area contributed by atoms with Crippen molar-refractivity contribution in [2.45, 2.75) is 19.4 Å². The number of hydrogen-bond acceptors (Lipinski definition) is 3. The smallest absolute Gasteiger partial charge is 0.121 e. The van der Waals surface area contributed by atoms with Gasteiger partial charge in [-0.1, -0.05) is 0 Å². The molecule has 0 fully saturated rings. The average Bonchev–Trinajstić information content (AvgIpc) is 2.00. The number of methoxy groups -OCH3 is 1. The third-order valence-electron chi connectivity index (χ3n) is 1.76. The van der Waals surface area contributed by atoms with Crippen LogP contribution in [-0.4, -0.2) is 44.5 Å². The van der Waals surface area contributed by atoms with E-state index in [-0.39, 0.29) is 0 Å². The van der Waals surface area contributed by atoms with E-state index in [1.807, 2.05) is 7.05 Å². The lowest BCUT2D eigenvalue weighted by atomic mass is 10.3. The molecule has 0 heterocycles. The molecule has 11 heavy (non-hydrogen) atoms. The summed E-state index contributed by atoms with van der Waals surface area (Å²) in [6.45, 7) is 3.61. The lowest BCUT2D eigenvalue weighted by Crippen LogP contribution is -2.33. The Labute approximate surface area is 68.3 Å². The van der Waals surface area contributed by atoms with Crippen LogP contribution >= 0.6 is 0 Å². The minimum Gasteiger partial charge on any atom is -0.383 e. The molecule has 1 unspecified atom stereocenters. The summed E-state index contributed by atoms with van der Waals surface area (Å²) >= 11 is 0. The largest absolute Gasteiger partial charge is 0.383 e. The minimum atomic E-state index is 0.389. The van der Waals surface area contributed by atoms with Gasteiger partial charge >= 0.3 is 0 Å². The summed E-state index contributed by atoms with van der Waals surface area (Å²) in [6.07, 6.45) is 1.54. The normalized spacial score (nSPS) is 13.5. The molecule has 0 N–H and O–H groups in total. The van der Waals surface area contributed by atoms with E-state index in [0.717, 1.165) is 19.4 Å². The second-order valence-electron chi connectivity index (χ2n) is 2.74. The van der Waals surface area contributed by atoms with E-state index in [1.54, 1.807) is 7.11 Å². The quantitative estimate of drug-likeness (QED) is 0.530. The van der Waals surface area contributed by atoms with Crippen LogP contribution < -0.4 is 0 Å². The van der Waals surface area contributed by atoms with Crippen molar-refractivity contribution in [1.82, 2.24) is 4.90 Å². The maximum absolute atomic E-state index is 10.0. The molecule has 0 rings (SSSR count). The summed E-state index contributed by atoms with van der Waals surface area (Å²) in [6, 6.07) is 0.389. The molecule has 0 radical (unpaired) electrons. The lowest BCUT2D eigenvalue weighted by molar-refractivity contribution is -0.108. The summed E-state index contributed by atoms with van der Waals surface area (Å²) < 4.78 is 4.97. The van der Waals surface area contributed by atoms with Crippen molar-refractivity contribution in [3.63, 3.8) is 0 Å². The van der Waals surface area contributed by atoms with E-state index >= 15 is 0 Å². The first-order valence-corrected chi connectivity index (χ1v) is 3.85. The van der Waals surface area contributed by atoms with Gasteiger partial charge in [-0.05, 0) is 14.0 Å². The maximum atomic E-state index is 10.0. The predicted molar refractivity (Wildman–Crippen MR) is 44.6 cm³/mol. The molecule has 0 aromatic rings. The van der Waals surface area contributed by atoms with Gasteiger partial charge in [-0.15, -0.1) is 0 Å². The van der Waals surface area contributed by atoms with Gasteiger partial charge < -0.3 is 14.4 Å². The van der Waals surface area contributed by atoms with Crippen molar-refractivity contribution in [2.75, 3.05) is 27.3 Å². The highest BCUT2D eigenvalue weighted by atomic mass is 16.5. The Kier molecular flexibility index (Phi) is 6.07. The summed E-state index contributed by atoms with van der Waals surface area (Å²) in [5.74, 6) is 0. The van der Waals surface area contributed by atoms with Crippen molar-refractivity contribution in [3.8, 4) is 0 Å². The van der Waals surface area contributed by atoms with Crippen molar-refractivity contribution in [3.05, 3.63) is 0 Å². The highest BCUT2D eigenvalue weighted by molar-refractivity contribution is 5.49. The van der Waals surface area contributed by atoms with E-state index in [9.17, 15) is 4.79 Å². The second-order valence-corrected chi connectivity index (χ2v) is 2.74. The lowest BCUT2D eigenvalue weighted by Gasteiger charge is -2.22. The van der Waals surface area contributed by atoms with Crippen molar-refractivity contribution >= 4 is 6.29 Å². The van der Waals surface area contributed by atoms with Gasteiger partial charge in [0, 0.05) is 26.1 Å². The standard InChI is InChI=1S/C8H17NO2/c1-8(7-11-3)9(2)5-4-6-10/h6,8H,4-5,7H2,1-3H3. The number of nitrogens with zero attached hydrogens (tertiary/aromatic N) is 1. The van der Waals surface area contributed by atoms with Gasteiger partial charge in [0.15, 0.2) is 0 Å². The van der Waals surface area contributed by atoms with E-state index in [4.69, 9.17) is 4.74 Å². The molecular formula is C8H17NO2. The second kappa shape index (κ2) is 6.31. The van der Waals surface area contributed by atoms with Crippen molar-refractivity contribution < 1.29 is 9.53 Å². The van der Waals surface area contributed by atoms with Crippen LogP contribution in [0.4, 0.5) is 0 Å². The van der Waals surface area contributed by atoms with Crippen molar-refractivity contribution in [2.24, 2.45) is 0 Å². The molecule has 0 aromatic carbocycles. The van der Waals surface area contributed by atoms with Gasteiger partial charge in [-0.3, -0.25) is 0 Å². The Morgan fingerprint density at radius 1 is 1.64 bits per heavy atom. The predicted octanol–water partition coefficient (Wildman–Crippen LogP) is 0.542. The van der Waals surface area contributed by atoms with Gasteiger partial charge in [0.25, 0.3) is 0 Å². The first-order valence-electron chi connectivity index (χ1n) is 3.85. The summed E-state index contributed by atoms with van der Waals surface area (Å²) in [4.78, 5) is 12.1. The average molecular weight is 159 g/mol. The summed E-state index contributed by atoms with van der Waals surface area (Å²) in [5.41, 5.74) is 0. The van der Waals surface area contributed by atoms with Gasteiger partial charge in [-0.2, -0.15) is 0 Å². The first kappa shape index (κ1) is 10.6. The number of ether oxygens (including phenoxy) is 1. The third kappa shape index (κ3) is 4.93. The Morgan fingerprint density at radius 3 is 2.73 bits per heavy atom. The van der Waals surface area contributed by atoms with Gasteiger partial charge in [0.2, 0.25) is 0 Å². The Hall–Kier alpha value is -0.410. The molecule has 1 atom stereocenters. The molecule has 3 nitrogen and oxygen atoms in total. The number of carbonyl (C=O) groups excluding carboxylic acids is 1. The number of likely N-dealkylation sites (N-methyl/N-ethyl adjacent to an activating group) is 1. The maximum Gasteiger partial charge on any atom is 0.121 e. The van der Waals surface area contributed by atoms with Crippen molar-refractivity contribution in [1.29, 1.82) is 0 Å². The molecule has 0 saturated carbocycles. The Balaban J connectivity index is 3.45. The molecule has 0 spiro atoms. The molecule has 0 amide bonds. The minimum absolute atomic E-state index is 0.389. The van der Waals surface area contributed by atoms with Crippen LogP contribution in [0.15, 0.2) is 0 Å². The Bertz CT molecular complexity index is 106. The van der Waals surface area contributed by atoms with Gasteiger partial charge in [0.05, 0.1) is 6.61 Å². The fraction of sp³-hybridized carbons (Fsp3) is 0.875. The number of aldehydes is 1. The van der Waals surface area contributed by atoms with Crippen LogP contribution in [0.25, 0.3) is 0 Å². The molecule has 0 aliphatic rings. The van der Waals surface area contributed by atoms with Crippen LogP contribution in [0.1, 0.15) is 13.3 Å². The summed E-state index contributed by atoms with van der Waals surface area (Å²) in [7, 11) is 3.68. The molecular weight excluding hydrogens is 142 g/mol. The highest BCUT2D eigenvalue weighted by Gasteiger charge is 2.06. The van der Waals surface area contributed by atoms with Crippen LogP contribution in [0, 0.1) is 0 Å². The SMILES string of the molecule is COCC(C)N(C)CCC=O. The molecule has 0 aliphatic heterocycles. The molecule has 0 aliphatic carbocycles. The summed E-state index contributed by atoms with van der Waals surface area (Å²) in [5, 5.41) is 0. The zero-order chi connectivity index (χ0) is 8.69. The van der Waals surface area contributed by atoms with Crippen LogP contribution in [0.2, 0.25) is 0 Å². The monoisotopic (exact) mass is 159 g/mol. The van der Waals surface area contributed by atoms with Gasteiger partial charge in [-0.25, -0.2) is 0 Å². The number of carbonyl (C=O) groups is 1. The fourth-order valence-corrected chi connectivity index (χ4v) is 0.845. The van der Waals surface area contributed by atoms with E-state index in [1.165, 1.54) is 0 Å². The zero-order valence-corrected chi connectivity index (χ0v) is 7.54. The zero-order valence-electron chi connectivity index (χ0n) is 7.54. The molecule has 0 bridgehead atoms. The highest BCUT2D eigenvalue weighted by Crippen LogP contribution is 1.95. The number of hydrogen-bond donors (Lipinski definition) is 0. The molecule has 3 heteroatoms. The van der Waals surface area contributed by atoms with E-state index in [0.29, 0.717) is 12.5 Å². The number of rotatable bonds is 6. The molecule has 66 valence electrons. The Morgan fingerprint density at radius 2 is 2.27 bits per heavy atom. The molecule has 0 saturated heterocycles. The fourth-order valence-electron chi connectivity index (χ4n) is 0.845. The van der Waals surface area contributed by atoms with Crippen LogP contribution in [-0.2, 0) is 9.53 Å².